The summed E-state index contributed by atoms with van der Waals surface area (Å²) in [6, 6.07) is 3.45. The lowest BCUT2D eigenvalue weighted by Crippen LogP contribution is -2.32. The van der Waals surface area contributed by atoms with Crippen LogP contribution in [0.1, 0.15) is 76.0 Å². The monoisotopic (exact) mass is 362 g/mol. The Labute approximate surface area is 155 Å². The summed E-state index contributed by atoms with van der Waals surface area (Å²) in [5.74, 6) is 1.32. The summed E-state index contributed by atoms with van der Waals surface area (Å²) in [6.45, 7) is 6.34. The predicted octanol–water partition coefficient (Wildman–Crippen LogP) is 3.45. The lowest BCUT2D eigenvalue weighted by atomic mass is 9.83. The van der Waals surface area contributed by atoms with Crippen molar-refractivity contribution < 1.29 is 0 Å². The number of piperidine rings is 1. The van der Waals surface area contributed by atoms with Crippen molar-refractivity contribution >= 4 is 18.0 Å². The molecule has 0 unspecified atom stereocenters. The maximum atomic E-state index is 9.71. The molecule has 0 atom stereocenters. The Morgan fingerprint density at radius 3 is 2.56 bits per heavy atom. The zero-order valence-corrected chi connectivity index (χ0v) is 16.2. The van der Waals surface area contributed by atoms with E-state index in [2.05, 4.69) is 44.5 Å². The molecule has 6 nitrogen and oxygen atoms in total. The first-order valence-electron chi connectivity index (χ1n) is 9.59. The number of aromatic nitrogens is 2. The van der Waals surface area contributed by atoms with E-state index >= 15 is 0 Å². The van der Waals surface area contributed by atoms with Gasteiger partial charge in [-0.1, -0.05) is 0 Å². The van der Waals surface area contributed by atoms with Gasteiger partial charge in [-0.2, -0.15) is 10.4 Å². The largest absolute Gasteiger partial charge is 0.354 e. The average Bonchev–Trinajstić information content (AvgIpc) is 3.07. The van der Waals surface area contributed by atoms with E-state index in [4.69, 9.17) is 0 Å². The van der Waals surface area contributed by atoms with Crippen LogP contribution >= 0.6 is 12.1 Å². The number of H-pyrrole nitrogens is 1. The van der Waals surface area contributed by atoms with Gasteiger partial charge in [0.1, 0.15) is 11.6 Å². The highest BCUT2D eigenvalue weighted by Gasteiger charge is 2.28. The number of hydrogen-bond acceptors (Lipinski definition) is 6. The molecule has 0 bridgehead atoms. The third kappa shape index (κ3) is 4.69. The SMILES string of the molecule is CC(C)NSNC1CCC(c2[nH]nc(N3CCCCC3)c2C#N)CC1. The molecule has 1 saturated heterocycles. The molecule has 1 aliphatic carbocycles. The smallest absolute Gasteiger partial charge is 0.168 e. The molecule has 0 aromatic carbocycles. The van der Waals surface area contributed by atoms with Crippen LogP contribution in [0.2, 0.25) is 0 Å². The molecular weight excluding hydrogens is 332 g/mol. The molecule has 25 heavy (non-hydrogen) atoms. The standard InChI is InChI=1S/C18H30N6S/c1-13(2)22-25-23-15-8-6-14(7-9-15)17-16(12-19)18(21-20-17)24-10-4-3-5-11-24/h13-15,22-23H,3-11H2,1-2H3,(H,20,21). The number of nitrogens with one attached hydrogen (secondary N) is 3. The summed E-state index contributed by atoms with van der Waals surface area (Å²) in [4.78, 5) is 2.28. The number of nitriles is 1. The van der Waals surface area contributed by atoms with Crippen LogP contribution < -0.4 is 14.3 Å². The van der Waals surface area contributed by atoms with Gasteiger partial charge in [0.2, 0.25) is 0 Å². The quantitative estimate of drug-likeness (QED) is 0.673. The predicted molar refractivity (Wildman–Crippen MR) is 103 cm³/mol. The highest BCUT2D eigenvalue weighted by atomic mass is 32.2. The Hall–Kier alpha value is -1.23. The minimum Gasteiger partial charge on any atom is -0.354 e. The number of rotatable bonds is 6. The Kier molecular flexibility index (Phi) is 6.63. The summed E-state index contributed by atoms with van der Waals surface area (Å²) in [7, 11) is 0. The third-order valence-electron chi connectivity index (χ3n) is 5.20. The maximum absolute atomic E-state index is 9.71. The van der Waals surface area contributed by atoms with Crippen molar-refractivity contribution in [1.29, 1.82) is 5.26 Å². The van der Waals surface area contributed by atoms with Gasteiger partial charge in [0, 0.05) is 43.2 Å². The topological polar surface area (TPSA) is 79.8 Å². The zero-order valence-electron chi connectivity index (χ0n) is 15.3. The highest BCUT2D eigenvalue weighted by Crippen LogP contribution is 2.36. The van der Waals surface area contributed by atoms with Crippen LogP contribution in [0, 0.1) is 11.3 Å². The molecule has 1 saturated carbocycles. The molecule has 0 amide bonds. The van der Waals surface area contributed by atoms with Gasteiger partial charge in [-0.05, 0) is 58.8 Å². The molecule has 1 aromatic heterocycles. The number of anilines is 1. The first-order valence-corrected chi connectivity index (χ1v) is 10.4. The second-order valence-electron chi connectivity index (χ2n) is 7.54. The van der Waals surface area contributed by atoms with E-state index < -0.39 is 0 Å². The van der Waals surface area contributed by atoms with E-state index in [1.54, 1.807) is 12.1 Å². The van der Waals surface area contributed by atoms with E-state index in [-0.39, 0.29) is 0 Å². The molecule has 3 rings (SSSR count). The fourth-order valence-electron chi connectivity index (χ4n) is 3.82. The molecule has 2 aliphatic rings. The first-order chi connectivity index (χ1) is 12.2. The van der Waals surface area contributed by atoms with Gasteiger partial charge in [-0.3, -0.25) is 5.10 Å². The van der Waals surface area contributed by atoms with Gasteiger partial charge in [0.05, 0.1) is 5.69 Å². The molecule has 0 spiro atoms. The van der Waals surface area contributed by atoms with Crippen molar-refractivity contribution in [2.45, 2.75) is 76.8 Å². The summed E-state index contributed by atoms with van der Waals surface area (Å²) >= 11 is 1.62. The average molecular weight is 363 g/mol. The van der Waals surface area contributed by atoms with E-state index in [9.17, 15) is 5.26 Å². The molecule has 138 valence electrons. The lowest BCUT2D eigenvalue weighted by molar-refractivity contribution is 0.376. The van der Waals surface area contributed by atoms with Crippen LogP contribution in [-0.2, 0) is 0 Å². The first kappa shape index (κ1) is 18.6. The molecule has 1 aliphatic heterocycles. The normalized spacial score (nSPS) is 24.5. The van der Waals surface area contributed by atoms with Crippen molar-refractivity contribution in [2.75, 3.05) is 18.0 Å². The molecular formula is C18H30N6S. The molecule has 2 fully saturated rings. The van der Waals surface area contributed by atoms with E-state index in [1.165, 1.54) is 19.3 Å². The Morgan fingerprint density at radius 1 is 1.20 bits per heavy atom. The van der Waals surface area contributed by atoms with Gasteiger partial charge >= 0.3 is 0 Å². The summed E-state index contributed by atoms with van der Waals surface area (Å²) < 4.78 is 6.85. The second-order valence-corrected chi connectivity index (χ2v) is 8.21. The lowest BCUT2D eigenvalue weighted by Gasteiger charge is -2.29. The Balaban J connectivity index is 1.58. The van der Waals surface area contributed by atoms with Gasteiger partial charge in [0.15, 0.2) is 5.82 Å². The van der Waals surface area contributed by atoms with Crippen LogP contribution in [0.3, 0.4) is 0 Å². The number of aromatic amines is 1. The van der Waals surface area contributed by atoms with Crippen molar-refractivity contribution in [3.05, 3.63) is 11.3 Å². The summed E-state index contributed by atoms with van der Waals surface area (Å²) in [5, 5.41) is 17.4. The molecule has 3 N–H and O–H groups in total. The second kappa shape index (κ2) is 8.93. The Morgan fingerprint density at radius 2 is 1.92 bits per heavy atom. The van der Waals surface area contributed by atoms with Gasteiger partial charge in [0.25, 0.3) is 0 Å². The summed E-state index contributed by atoms with van der Waals surface area (Å²) in [5.41, 5.74) is 1.85. The molecule has 2 heterocycles. The van der Waals surface area contributed by atoms with Crippen molar-refractivity contribution in [3.63, 3.8) is 0 Å². The molecule has 7 heteroatoms. The van der Waals surface area contributed by atoms with E-state index in [1.807, 2.05) is 0 Å². The maximum Gasteiger partial charge on any atom is 0.168 e. The van der Waals surface area contributed by atoms with Crippen LogP contribution in [0.15, 0.2) is 0 Å². The van der Waals surface area contributed by atoms with Crippen LogP contribution in [0.25, 0.3) is 0 Å². The van der Waals surface area contributed by atoms with Crippen LogP contribution in [-0.4, -0.2) is 35.4 Å². The van der Waals surface area contributed by atoms with Gasteiger partial charge in [-0.15, -0.1) is 0 Å². The fraction of sp³-hybridized carbons (Fsp3) is 0.778. The Bertz CT molecular complexity index is 579. The zero-order chi connectivity index (χ0) is 17.6. The number of nitrogens with zero attached hydrogens (tertiary/aromatic N) is 3. The van der Waals surface area contributed by atoms with E-state index in [0.717, 1.165) is 55.8 Å². The van der Waals surface area contributed by atoms with Crippen molar-refractivity contribution in [1.82, 2.24) is 19.6 Å². The van der Waals surface area contributed by atoms with Gasteiger partial charge < -0.3 is 4.90 Å². The minimum atomic E-state index is 0.432. The molecule has 1 aromatic rings. The van der Waals surface area contributed by atoms with Crippen molar-refractivity contribution in [3.8, 4) is 6.07 Å². The summed E-state index contributed by atoms with van der Waals surface area (Å²) in [6.07, 6.45) is 8.18. The van der Waals surface area contributed by atoms with Crippen molar-refractivity contribution in [2.24, 2.45) is 0 Å². The number of hydrogen-bond donors (Lipinski definition) is 3. The highest BCUT2D eigenvalue weighted by molar-refractivity contribution is 7.95. The molecule has 0 radical (unpaired) electrons. The fourth-order valence-corrected chi connectivity index (χ4v) is 4.53. The van der Waals surface area contributed by atoms with Crippen LogP contribution in [0.5, 0.6) is 0 Å². The van der Waals surface area contributed by atoms with E-state index in [0.29, 0.717) is 18.0 Å². The van der Waals surface area contributed by atoms with Crippen LogP contribution in [0.4, 0.5) is 5.82 Å². The minimum absolute atomic E-state index is 0.432. The van der Waals surface area contributed by atoms with Gasteiger partial charge in [-0.25, -0.2) is 9.44 Å². The third-order valence-corrected chi connectivity index (χ3v) is 6.24.